The quantitative estimate of drug-likeness (QED) is 0.926. The molecule has 112 valence electrons. The molecule has 1 atom stereocenters. The molecule has 1 unspecified atom stereocenters. The van der Waals surface area contributed by atoms with Crippen molar-refractivity contribution in [3.8, 4) is 0 Å². The highest BCUT2D eigenvalue weighted by molar-refractivity contribution is 6.31. The normalized spacial score (nSPS) is 18.6. The fourth-order valence-electron chi connectivity index (χ4n) is 2.79. The monoisotopic (exact) mass is 295 g/mol. The molecule has 1 fully saturated rings. The zero-order valence-electron chi connectivity index (χ0n) is 12.8. The summed E-state index contributed by atoms with van der Waals surface area (Å²) in [6.07, 6.45) is 0. The van der Waals surface area contributed by atoms with Crippen LogP contribution in [0.15, 0.2) is 18.2 Å². The van der Waals surface area contributed by atoms with Crippen LogP contribution in [-0.2, 0) is 0 Å². The molecule has 0 saturated carbocycles. The van der Waals surface area contributed by atoms with Gasteiger partial charge in [-0.15, -0.1) is 0 Å². The summed E-state index contributed by atoms with van der Waals surface area (Å²) in [6.45, 7) is 12.1. The van der Waals surface area contributed by atoms with Crippen molar-refractivity contribution in [1.82, 2.24) is 4.90 Å². The summed E-state index contributed by atoms with van der Waals surface area (Å²) in [5.74, 6) is 0.737. The number of nitrogens with zero attached hydrogens (tertiary/aromatic N) is 2. The van der Waals surface area contributed by atoms with E-state index in [0.717, 1.165) is 42.7 Å². The second-order valence-corrected chi connectivity index (χ2v) is 6.58. The molecule has 1 aromatic rings. The Morgan fingerprint density at radius 3 is 2.30 bits per heavy atom. The van der Waals surface area contributed by atoms with Crippen LogP contribution in [0.2, 0.25) is 5.02 Å². The third kappa shape index (κ3) is 3.87. The van der Waals surface area contributed by atoms with E-state index in [4.69, 9.17) is 17.3 Å². The van der Waals surface area contributed by atoms with Crippen molar-refractivity contribution in [3.05, 3.63) is 28.8 Å². The van der Waals surface area contributed by atoms with Gasteiger partial charge in [-0.2, -0.15) is 0 Å². The standard InChI is InChI=1S/C16H26ClN3/c1-12(2)11-19-6-8-20(9-7-19)14-4-5-15(13(3)18)16(17)10-14/h4-5,10,12-13H,6-9,11,18H2,1-3H3. The van der Waals surface area contributed by atoms with Gasteiger partial charge < -0.3 is 10.6 Å². The molecule has 0 bridgehead atoms. The minimum Gasteiger partial charge on any atom is -0.369 e. The van der Waals surface area contributed by atoms with Gasteiger partial charge >= 0.3 is 0 Å². The van der Waals surface area contributed by atoms with Crippen molar-refractivity contribution in [3.63, 3.8) is 0 Å². The number of hydrogen-bond acceptors (Lipinski definition) is 3. The lowest BCUT2D eigenvalue weighted by molar-refractivity contribution is 0.231. The molecule has 4 heteroatoms. The Kier molecular flexibility index (Phi) is 5.30. The van der Waals surface area contributed by atoms with Gasteiger partial charge in [0.15, 0.2) is 0 Å². The molecule has 0 amide bonds. The summed E-state index contributed by atoms with van der Waals surface area (Å²) in [4.78, 5) is 4.95. The number of piperazine rings is 1. The predicted octanol–water partition coefficient (Wildman–Crippen LogP) is 3.14. The second kappa shape index (κ2) is 6.79. The van der Waals surface area contributed by atoms with E-state index < -0.39 is 0 Å². The number of rotatable bonds is 4. The summed E-state index contributed by atoms with van der Waals surface area (Å²) in [5.41, 5.74) is 8.14. The van der Waals surface area contributed by atoms with Crippen molar-refractivity contribution in [2.24, 2.45) is 11.7 Å². The number of hydrogen-bond donors (Lipinski definition) is 1. The van der Waals surface area contributed by atoms with Crippen molar-refractivity contribution >= 4 is 17.3 Å². The number of nitrogens with two attached hydrogens (primary N) is 1. The second-order valence-electron chi connectivity index (χ2n) is 6.18. The van der Waals surface area contributed by atoms with E-state index in [-0.39, 0.29) is 6.04 Å². The molecule has 0 radical (unpaired) electrons. The smallest absolute Gasteiger partial charge is 0.0474 e. The van der Waals surface area contributed by atoms with E-state index in [1.165, 1.54) is 12.2 Å². The van der Waals surface area contributed by atoms with E-state index in [1.54, 1.807) is 0 Å². The van der Waals surface area contributed by atoms with Crippen molar-refractivity contribution < 1.29 is 0 Å². The van der Waals surface area contributed by atoms with E-state index in [0.29, 0.717) is 0 Å². The zero-order chi connectivity index (χ0) is 14.7. The van der Waals surface area contributed by atoms with Crippen LogP contribution in [-0.4, -0.2) is 37.6 Å². The Bertz CT molecular complexity index is 437. The summed E-state index contributed by atoms with van der Waals surface area (Å²) in [5, 5.41) is 0.780. The molecule has 1 aliphatic heterocycles. The molecule has 1 saturated heterocycles. The molecular weight excluding hydrogens is 270 g/mol. The van der Waals surface area contributed by atoms with Crippen molar-refractivity contribution in [2.75, 3.05) is 37.6 Å². The van der Waals surface area contributed by atoms with Gasteiger partial charge in [0.1, 0.15) is 0 Å². The predicted molar refractivity (Wildman–Crippen MR) is 87.5 cm³/mol. The molecule has 0 aliphatic carbocycles. The molecule has 1 aromatic carbocycles. The van der Waals surface area contributed by atoms with Crippen LogP contribution in [0.5, 0.6) is 0 Å². The highest BCUT2D eigenvalue weighted by atomic mass is 35.5. The molecule has 2 N–H and O–H groups in total. The maximum absolute atomic E-state index is 6.32. The molecule has 0 aromatic heterocycles. The molecule has 1 heterocycles. The molecule has 0 spiro atoms. The third-order valence-electron chi connectivity index (χ3n) is 3.84. The van der Waals surface area contributed by atoms with Crippen LogP contribution in [0.4, 0.5) is 5.69 Å². The van der Waals surface area contributed by atoms with Crippen molar-refractivity contribution in [2.45, 2.75) is 26.8 Å². The highest BCUT2D eigenvalue weighted by Gasteiger charge is 2.18. The van der Waals surface area contributed by atoms with Gasteiger partial charge in [-0.1, -0.05) is 31.5 Å². The van der Waals surface area contributed by atoms with Gasteiger partial charge in [0.25, 0.3) is 0 Å². The lowest BCUT2D eigenvalue weighted by Gasteiger charge is -2.37. The van der Waals surface area contributed by atoms with Gasteiger partial charge in [-0.05, 0) is 30.5 Å². The minimum absolute atomic E-state index is 0.0144. The summed E-state index contributed by atoms with van der Waals surface area (Å²) in [7, 11) is 0. The Balaban J connectivity index is 1.98. The summed E-state index contributed by atoms with van der Waals surface area (Å²) in [6, 6.07) is 6.24. The van der Waals surface area contributed by atoms with Gasteiger partial charge in [-0.3, -0.25) is 4.90 Å². The number of halogens is 1. The maximum atomic E-state index is 6.32. The number of anilines is 1. The van der Waals surface area contributed by atoms with Gasteiger partial charge in [-0.25, -0.2) is 0 Å². The molecule has 1 aliphatic rings. The topological polar surface area (TPSA) is 32.5 Å². The minimum atomic E-state index is -0.0144. The lowest BCUT2D eigenvalue weighted by atomic mass is 10.1. The first-order chi connectivity index (χ1) is 9.47. The van der Waals surface area contributed by atoms with E-state index >= 15 is 0 Å². The molecular formula is C16H26ClN3. The largest absolute Gasteiger partial charge is 0.369 e. The van der Waals surface area contributed by atoms with E-state index in [2.05, 4.69) is 41.8 Å². The first-order valence-electron chi connectivity index (χ1n) is 7.49. The van der Waals surface area contributed by atoms with E-state index in [9.17, 15) is 0 Å². The third-order valence-corrected chi connectivity index (χ3v) is 4.16. The zero-order valence-corrected chi connectivity index (χ0v) is 13.5. The first-order valence-corrected chi connectivity index (χ1v) is 7.87. The van der Waals surface area contributed by atoms with E-state index in [1.807, 2.05) is 6.92 Å². The van der Waals surface area contributed by atoms with Crippen LogP contribution in [0.25, 0.3) is 0 Å². The fourth-order valence-corrected chi connectivity index (χ4v) is 3.13. The lowest BCUT2D eigenvalue weighted by Crippen LogP contribution is -2.47. The van der Waals surface area contributed by atoms with Crippen molar-refractivity contribution in [1.29, 1.82) is 0 Å². The fraction of sp³-hybridized carbons (Fsp3) is 0.625. The average molecular weight is 296 g/mol. The van der Waals surface area contributed by atoms with Crippen LogP contribution in [0.1, 0.15) is 32.4 Å². The van der Waals surface area contributed by atoms with Gasteiger partial charge in [0, 0.05) is 49.5 Å². The Labute approximate surface area is 127 Å². The first kappa shape index (κ1) is 15.6. The van der Waals surface area contributed by atoms with Crippen LogP contribution in [0, 0.1) is 5.92 Å². The van der Waals surface area contributed by atoms with Crippen LogP contribution < -0.4 is 10.6 Å². The molecule has 20 heavy (non-hydrogen) atoms. The van der Waals surface area contributed by atoms with Gasteiger partial charge in [0.2, 0.25) is 0 Å². The highest BCUT2D eigenvalue weighted by Crippen LogP contribution is 2.27. The van der Waals surface area contributed by atoms with Crippen LogP contribution >= 0.6 is 11.6 Å². The number of benzene rings is 1. The Morgan fingerprint density at radius 2 is 1.80 bits per heavy atom. The maximum Gasteiger partial charge on any atom is 0.0474 e. The molecule has 3 nitrogen and oxygen atoms in total. The summed E-state index contributed by atoms with van der Waals surface area (Å²) >= 11 is 6.32. The Morgan fingerprint density at radius 1 is 1.15 bits per heavy atom. The van der Waals surface area contributed by atoms with Crippen LogP contribution in [0.3, 0.4) is 0 Å². The summed E-state index contributed by atoms with van der Waals surface area (Å²) < 4.78 is 0. The molecule has 2 rings (SSSR count). The Hall–Kier alpha value is -0.770. The van der Waals surface area contributed by atoms with Gasteiger partial charge in [0.05, 0.1) is 0 Å². The SMILES string of the molecule is CC(C)CN1CCN(c2ccc(C(C)N)c(Cl)c2)CC1. The average Bonchev–Trinajstić information content (AvgIpc) is 2.38.